The topological polar surface area (TPSA) is 72.0 Å². The van der Waals surface area contributed by atoms with E-state index in [1.807, 2.05) is 36.4 Å². The van der Waals surface area contributed by atoms with Gasteiger partial charge in [-0.25, -0.2) is 4.79 Å². The minimum Gasteiger partial charge on any atom is -0.489 e. The van der Waals surface area contributed by atoms with E-state index in [0.29, 0.717) is 23.3 Å². The van der Waals surface area contributed by atoms with E-state index >= 15 is 0 Å². The number of esters is 1. The van der Waals surface area contributed by atoms with Crippen molar-refractivity contribution in [3.63, 3.8) is 0 Å². The zero-order valence-corrected chi connectivity index (χ0v) is 17.9. The Kier molecular flexibility index (Phi) is 8.20. The molecule has 0 heterocycles. The zero-order chi connectivity index (χ0) is 21.2. The first-order valence-corrected chi connectivity index (χ1v) is 10.5. The molecule has 7 heteroatoms. The smallest absolute Gasteiger partial charge is 0.337 e. The fourth-order valence-corrected chi connectivity index (χ4v) is 3.52. The van der Waals surface area contributed by atoms with Crippen LogP contribution in [0, 0.1) is 0 Å². The molecule has 30 heavy (non-hydrogen) atoms. The Bertz CT molecular complexity index is 860. The van der Waals surface area contributed by atoms with E-state index in [9.17, 15) is 4.79 Å². The summed E-state index contributed by atoms with van der Waals surface area (Å²) in [5.41, 5.74) is 5.31. The van der Waals surface area contributed by atoms with E-state index < -0.39 is 0 Å². The SMILES string of the molecule is COC(=O)c1ccc(COc2ccc(/C=N/NC(=S)NC3CCCCC3)cc2)cc1. The molecule has 0 atom stereocenters. The van der Waals surface area contributed by atoms with E-state index in [1.54, 1.807) is 18.3 Å². The first-order valence-electron chi connectivity index (χ1n) is 10.1. The second-order valence-corrected chi connectivity index (χ2v) is 7.63. The van der Waals surface area contributed by atoms with Crippen LogP contribution >= 0.6 is 12.2 Å². The lowest BCUT2D eigenvalue weighted by Crippen LogP contribution is -2.40. The quantitative estimate of drug-likeness (QED) is 0.300. The predicted octanol–water partition coefficient (Wildman–Crippen LogP) is 4.18. The Morgan fingerprint density at radius 1 is 1.10 bits per heavy atom. The van der Waals surface area contributed by atoms with Crippen LogP contribution < -0.4 is 15.5 Å². The van der Waals surface area contributed by atoms with Gasteiger partial charge in [0.2, 0.25) is 0 Å². The van der Waals surface area contributed by atoms with Crippen LogP contribution in [0.4, 0.5) is 0 Å². The minimum absolute atomic E-state index is 0.347. The molecule has 3 rings (SSSR count). The van der Waals surface area contributed by atoms with Crippen molar-refractivity contribution in [1.82, 2.24) is 10.7 Å². The molecule has 6 nitrogen and oxygen atoms in total. The predicted molar refractivity (Wildman–Crippen MR) is 122 cm³/mol. The van der Waals surface area contributed by atoms with Gasteiger partial charge in [-0.15, -0.1) is 0 Å². The number of methoxy groups -OCH3 is 1. The van der Waals surface area contributed by atoms with E-state index in [0.717, 1.165) is 16.9 Å². The maximum Gasteiger partial charge on any atom is 0.337 e. The molecule has 0 aliphatic heterocycles. The molecule has 1 fully saturated rings. The Morgan fingerprint density at radius 2 is 1.80 bits per heavy atom. The molecule has 0 bridgehead atoms. The maximum atomic E-state index is 11.5. The van der Waals surface area contributed by atoms with Gasteiger partial charge in [0.25, 0.3) is 0 Å². The van der Waals surface area contributed by atoms with E-state index in [1.165, 1.54) is 39.2 Å². The number of rotatable bonds is 7. The van der Waals surface area contributed by atoms with Gasteiger partial charge in [0, 0.05) is 6.04 Å². The number of ether oxygens (including phenoxy) is 2. The third kappa shape index (κ3) is 6.84. The molecule has 0 amide bonds. The summed E-state index contributed by atoms with van der Waals surface area (Å²) in [7, 11) is 1.37. The van der Waals surface area contributed by atoms with Gasteiger partial charge in [0.05, 0.1) is 18.9 Å². The number of hydrogen-bond acceptors (Lipinski definition) is 5. The van der Waals surface area contributed by atoms with Gasteiger partial charge >= 0.3 is 5.97 Å². The lowest BCUT2D eigenvalue weighted by atomic mass is 9.96. The zero-order valence-electron chi connectivity index (χ0n) is 17.1. The lowest BCUT2D eigenvalue weighted by molar-refractivity contribution is 0.0600. The van der Waals surface area contributed by atoms with Crippen molar-refractivity contribution in [2.75, 3.05) is 7.11 Å². The normalized spacial score (nSPS) is 14.3. The van der Waals surface area contributed by atoms with Crippen LogP contribution in [0.3, 0.4) is 0 Å². The summed E-state index contributed by atoms with van der Waals surface area (Å²) in [6.45, 7) is 0.414. The molecule has 1 aliphatic carbocycles. The van der Waals surface area contributed by atoms with E-state index in [4.69, 9.17) is 21.7 Å². The number of nitrogens with zero attached hydrogens (tertiary/aromatic N) is 1. The molecule has 0 radical (unpaired) electrons. The Labute approximate surface area is 182 Å². The number of benzene rings is 2. The van der Waals surface area contributed by atoms with Gasteiger partial charge in [0.15, 0.2) is 5.11 Å². The second-order valence-electron chi connectivity index (χ2n) is 7.22. The molecule has 1 saturated carbocycles. The first-order chi connectivity index (χ1) is 14.6. The fourth-order valence-electron chi connectivity index (χ4n) is 3.30. The summed E-state index contributed by atoms with van der Waals surface area (Å²) in [4.78, 5) is 11.5. The molecular weight excluding hydrogens is 398 g/mol. The molecular formula is C23H27N3O3S. The highest BCUT2D eigenvalue weighted by Crippen LogP contribution is 2.17. The first kappa shape index (κ1) is 21.8. The monoisotopic (exact) mass is 425 g/mol. The maximum absolute atomic E-state index is 11.5. The van der Waals surface area contributed by atoms with Crippen molar-refractivity contribution in [3.05, 3.63) is 65.2 Å². The van der Waals surface area contributed by atoms with E-state index in [2.05, 4.69) is 15.8 Å². The molecule has 158 valence electrons. The van der Waals surface area contributed by atoms with Crippen LogP contribution in [0.5, 0.6) is 5.75 Å². The highest BCUT2D eigenvalue weighted by molar-refractivity contribution is 7.80. The Balaban J connectivity index is 1.42. The van der Waals surface area contributed by atoms with Crippen molar-refractivity contribution >= 4 is 29.5 Å². The molecule has 2 aromatic rings. The van der Waals surface area contributed by atoms with Crippen LogP contribution in [0.15, 0.2) is 53.6 Å². The van der Waals surface area contributed by atoms with Crippen molar-refractivity contribution in [2.24, 2.45) is 5.10 Å². The van der Waals surface area contributed by atoms with Gasteiger partial charge < -0.3 is 14.8 Å². The molecule has 1 aliphatic rings. The molecule has 0 unspecified atom stereocenters. The summed E-state index contributed by atoms with van der Waals surface area (Å²) in [5, 5.41) is 8.09. The Morgan fingerprint density at radius 3 is 2.47 bits per heavy atom. The van der Waals surface area contributed by atoms with Crippen LogP contribution in [0.1, 0.15) is 53.6 Å². The third-order valence-electron chi connectivity index (χ3n) is 4.98. The Hall–Kier alpha value is -2.93. The van der Waals surface area contributed by atoms with Crippen molar-refractivity contribution in [2.45, 2.75) is 44.8 Å². The number of thiocarbonyl (C=S) groups is 1. The summed E-state index contributed by atoms with van der Waals surface area (Å²) >= 11 is 5.30. The van der Waals surface area contributed by atoms with Crippen LogP contribution in [-0.4, -0.2) is 30.4 Å². The number of carbonyl (C=O) groups excluding carboxylic acids is 1. The third-order valence-corrected chi connectivity index (χ3v) is 5.19. The molecule has 2 N–H and O–H groups in total. The van der Waals surface area contributed by atoms with Crippen molar-refractivity contribution in [3.8, 4) is 5.75 Å². The van der Waals surface area contributed by atoms with Crippen LogP contribution in [0.25, 0.3) is 0 Å². The molecule has 0 saturated heterocycles. The number of hydrazone groups is 1. The number of carbonyl (C=O) groups is 1. The molecule has 0 spiro atoms. The van der Waals surface area contributed by atoms with Crippen molar-refractivity contribution in [1.29, 1.82) is 0 Å². The summed E-state index contributed by atoms with van der Waals surface area (Å²) in [6.07, 6.45) is 7.90. The largest absolute Gasteiger partial charge is 0.489 e. The lowest BCUT2D eigenvalue weighted by Gasteiger charge is -2.23. The van der Waals surface area contributed by atoms with Gasteiger partial charge in [-0.05, 0) is 72.6 Å². The van der Waals surface area contributed by atoms with Crippen LogP contribution in [0.2, 0.25) is 0 Å². The van der Waals surface area contributed by atoms with Gasteiger partial charge in [0.1, 0.15) is 12.4 Å². The highest BCUT2D eigenvalue weighted by Gasteiger charge is 2.13. The summed E-state index contributed by atoms with van der Waals surface area (Å²) in [6, 6.07) is 15.3. The average Bonchev–Trinajstić information content (AvgIpc) is 2.79. The van der Waals surface area contributed by atoms with Gasteiger partial charge in [-0.2, -0.15) is 5.10 Å². The molecule has 2 aromatic carbocycles. The summed E-state index contributed by atoms with van der Waals surface area (Å²) in [5.74, 6) is 0.409. The number of nitrogens with one attached hydrogen (secondary N) is 2. The fraction of sp³-hybridized carbons (Fsp3) is 0.348. The average molecular weight is 426 g/mol. The highest BCUT2D eigenvalue weighted by atomic mass is 32.1. The minimum atomic E-state index is -0.347. The van der Waals surface area contributed by atoms with Gasteiger partial charge in [-0.3, -0.25) is 5.43 Å². The van der Waals surface area contributed by atoms with Gasteiger partial charge in [-0.1, -0.05) is 31.4 Å². The molecule has 0 aromatic heterocycles. The summed E-state index contributed by atoms with van der Waals surface area (Å²) < 4.78 is 10.5. The van der Waals surface area contributed by atoms with Crippen molar-refractivity contribution < 1.29 is 14.3 Å². The van der Waals surface area contributed by atoms with E-state index in [-0.39, 0.29) is 5.97 Å². The van der Waals surface area contributed by atoms with Crippen LogP contribution in [-0.2, 0) is 11.3 Å². The second kappa shape index (κ2) is 11.3. The standard InChI is InChI=1S/C23H27N3O3S/c1-28-22(27)19-11-7-18(8-12-19)16-29-21-13-9-17(10-14-21)15-24-26-23(30)25-20-5-3-2-4-6-20/h7-15,20H,2-6,16H2,1H3,(H2,25,26,30)/b24-15+. The number of hydrogen-bond donors (Lipinski definition) is 2.